The maximum atomic E-state index is 12.3. The Bertz CT molecular complexity index is 526. The molecule has 5 heteroatoms. The molecule has 0 radical (unpaired) electrons. The van der Waals surface area contributed by atoms with Crippen molar-refractivity contribution >= 4 is 6.09 Å². The van der Waals surface area contributed by atoms with Crippen LogP contribution in [0.1, 0.15) is 34.1 Å². The van der Waals surface area contributed by atoms with Crippen LogP contribution in [0.2, 0.25) is 0 Å². The molecule has 1 atom stereocenters. The van der Waals surface area contributed by atoms with Crippen molar-refractivity contribution in [3.63, 3.8) is 0 Å². The molecule has 0 N–H and O–H groups in total. The molecule has 0 aliphatic carbocycles. The van der Waals surface area contributed by atoms with Crippen LogP contribution in [0.15, 0.2) is 30.3 Å². The minimum atomic E-state index is -0.483. The summed E-state index contributed by atoms with van der Waals surface area (Å²) < 4.78 is 17.1. The Morgan fingerprint density at radius 1 is 1.21 bits per heavy atom. The quantitative estimate of drug-likeness (QED) is 0.795. The molecule has 0 saturated carbocycles. The van der Waals surface area contributed by atoms with Crippen molar-refractivity contribution < 1.29 is 19.0 Å². The van der Waals surface area contributed by atoms with E-state index in [1.54, 1.807) is 4.90 Å². The van der Waals surface area contributed by atoms with Crippen LogP contribution in [0, 0.1) is 5.41 Å². The van der Waals surface area contributed by atoms with Crippen molar-refractivity contribution in [2.45, 2.75) is 39.7 Å². The summed E-state index contributed by atoms with van der Waals surface area (Å²) in [4.78, 5) is 14.1. The van der Waals surface area contributed by atoms with Gasteiger partial charge in [-0.05, 0) is 46.2 Å². The topological polar surface area (TPSA) is 48.0 Å². The van der Waals surface area contributed by atoms with Gasteiger partial charge in [0.1, 0.15) is 11.4 Å². The smallest absolute Gasteiger partial charge is 0.410 e. The lowest BCUT2D eigenvalue weighted by Crippen LogP contribution is -2.40. The van der Waals surface area contributed by atoms with Gasteiger partial charge < -0.3 is 19.1 Å². The summed E-state index contributed by atoms with van der Waals surface area (Å²) in [5.74, 6) is 0.837. The molecule has 1 aliphatic heterocycles. The molecule has 2 rings (SSSR count). The number of rotatable bonds is 6. The van der Waals surface area contributed by atoms with E-state index in [-0.39, 0.29) is 11.5 Å². The van der Waals surface area contributed by atoms with Gasteiger partial charge >= 0.3 is 6.09 Å². The fourth-order valence-corrected chi connectivity index (χ4v) is 2.77. The third-order valence-corrected chi connectivity index (χ3v) is 3.99. The maximum absolute atomic E-state index is 12.3. The van der Waals surface area contributed by atoms with Crippen molar-refractivity contribution in [1.29, 1.82) is 0 Å². The highest BCUT2D eigenvalue weighted by Gasteiger charge is 2.42. The average Bonchev–Trinajstić information content (AvgIpc) is 2.96. The zero-order valence-electron chi connectivity index (χ0n) is 15.2. The predicted octanol–water partition coefficient (Wildman–Crippen LogP) is 3.73. The van der Waals surface area contributed by atoms with Crippen LogP contribution in [0.3, 0.4) is 0 Å². The molecular weight excluding hydrogens is 306 g/mol. The molecule has 1 aromatic rings. The van der Waals surface area contributed by atoms with Crippen LogP contribution < -0.4 is 4.74 Å². The number of amides is 1. The first-order chi connectivity index (χ1) is 11.3. The summed E-state index contributed by atoms with van der Waals surface area (Å²) in [5, 5.41) is 0. The van der Waals surface area contributed by atoms with Crippen LogP contribution in [0.5, 0.6) is 5.75 Å². The first-order valence-corrected chi connectivity index (χ1v) is 8.57. The number of benzene rings is 1. The Labute approximate surface area is 144 Å². The van der Waals surface area contributed by atoms with Crippen LogP contribution >= 0.6 is 0 Å². The van der Waals surface area contributed by atoms with Crippen LogP contribution in [-0.2, 0) is 9.47 Å². The molecule has 0 bridgehead atoms. The van der Waals surface area contributed by atoms with Gasteiger partial charge in [-0.25, -0.2) is 4.79 Å². The van der Waals surface area contributed by atoms with E-state index >= 15 is 0 Å². The third kappa shape index (κ3) is 5.41. The van der Waals surface area contributed by atoms with E-state index in [4.69, 9.17) is 14.2 Å². The highest BCUT2D eigenvalue weighted by Crippen LogP contribution is 2.33. The molecule has 24 heavy (non-hydrogen) atoms. The molecule has 134 valence electrons. The molecule has 1 aliphatic rings. The number of hydrogen-bond donors (Lipinski definition) is 0. The predicted molar refractivity (Wildman–Crippen MR) is 93.3 cm³/mol. The molecule has 0 spiro atoms. The highest BCUT2D eigenvalue weighted by atomic mass is 16.6. The van der Waals surface area contributed by atoms with Gasteiger partial charge in [-0.15, -0.1) is 0 Å². The number of carbonyl (C=O) groups is 1. The van der Waals surface area contributed by atoms with Gasteiger partial charge in [0.25, 0.3) is 0 Å². The maximum Gasteiger partial charge on any atom is 0.410 e. The monoisotopic (exact) mass is 335 g/mol. The number of para-hydroxylation sites is 1. The van der Waals surface area contributed by atoms with Gasteiger partial charge in [-0.1, -0.05) is 18.2 Å². The van der Waals surface area contributed by atoms with E-state index in [0.717, 1.165) is 12.2 Å². The Balaban J connectivity index is 1.99. The fraction of sp³-hybridized carbons (Fsp3) is 0.632. The number of ether oxygens (including phenoxy) is 3. The minimum Gasteiger partial charge on any atom is -0.493 e. The van der Waals surface area contributed by atoms with E-state index in [0.29, 0.717) is 32.9 Å². The molecule has 1 aromatic carbocycles. The molecule has 0 aromatic heterocycles. The number of likely N-dealkylation sites (tertiary alicyclic amines) is 1. The summed E-state index contributed by atoms with van der Waals surface area (Å²) in [6, 6.07) is 9.74. The van der Waals surface area contributed by atoms with Crippen LogP contribution in [0.25, 0.3) is 0 Å². The molecule has 1 amide bonds. The van der Waals surface area contributed by atoms with Gasteiger partial charge in [-0.2, -0.15) is 0 Å². The SMILES string of the molecule is CCOC[C@]1(COc2ccccc2)CCN(C(=O)OC(C)(C)C)C1. The first kappa shape index (κ1) is 18.6. The lowest BCUT2D eigenvalue weighted by molar-refractivity contribution is 0.0101. The summed E-state index contributed by atoms with van der Waals surface area (Å²) in [6.07, 6.45) is 0.583. The van der Waals surface area contributed by atoms with Gasteiger partial charge in [-0.3, -0.25) is 0 Å². The summed E-state index contributed by atoms with van der Waals surface area (Å²) in [7, 11) is 0. The van der Waals surface area contributed by atoms with E-state index in [9.17, 15) is 4.79 Å². The number of nitrogens with zero attached hydrogens (tertiary/aromatic N) is 1. The van der Waals surface area contributed by atoms with Crippen molar-refractivity contribution in [2.24, 2.45) is 5.41 Å². The largest absolute Gasteiger partial charge is 0.493 e. The summed E-state index contributed by atoms with van der Waals surface area (Å²) in [6.45, 7) is 10.6. The Hall–Kier alpha value is -1.75. The fourth-order valence-electron chi connectivity index (χ4n) is 2.77. The van der Waals surface area contributed by atoms with Crippen molar-refractivity contribution in [3.05, 3.63) is 30.3 Å². The number of hydrogen-bond acceptors (Lipinski definition) is 4. The standard InChI is InChI=1S/C19H29NO4/c1-5-22-14-19(15-23-16-9-7-6-8-10-16)11-12-20(13-19)17(21)24-18(2,3)4/h6-10H,5,11-15H2,1-4H3/t19-/m0/s1. The summed E-state index contributed by atoms with van der Waals surface area (Å²) >= 11 is 0. The third-order valence-electron chi connectivity index (χ3n) is 3.99. The molecule has 1 fully saturated rings. The van der Waals surface area contributed by atoms with Crippen LogP contribution in [0.4, 0.5) is 4.79 Å². The second kappa shape index (κ2) is 7.88. The highest BCUT2D eigenvalue weighted by molar-refractivity contribution is 5.68. The van der Waals surface area contributed by atoms with Gasteiger partial charge in [0.05, 0.1) is 13.2 Å². The zero-order valence-corrected chi connectivity index (χ0v) is 15.2. The van der Waals surface area contributed by atoms with Crippen molar-refractivity contribution in [3.8, 4) is 5.75 Å². The van der Waals surface area contributed by atoms with Crippen molar-refractivity contribution in [1.82, 2.24) is 4.90 Å². The second-order valence-electron chi connectivity index (χ2n) is 7.39. The molecule has 5 nitrogen and oxygen atoms in total. The Morgan fingerprint density at radius 2 is 1.92 bits per heavy atom. The zero-order chi connectivity index (χ0) is 17.6. The average molecular weight is 335 g/mol. The van der Waals surface area contributed by atoms with Crippen LogP contribution in [-0.4, -0.2) is 49.5 Å². The van der Waals surface area contributed by atoms with E-state index < -0.39 is 5.60 Å². The lowest BCUT2D eigenvalue weighted by atomic mass is 9.89. The van der Waals surface area contributed by atoms with E-state index in [1.165, 1.54) is 0 Å². The van der Waals surface area contributed by atoms with Crippen molar-refractivity contribution in [2.75, 3.05) is 32.9 Å². The van der Waals surface area contributed by atoms with Gasteiger partial charge in [0.2, 0.25) is 0 Å². The normalized spacial score (nSPS) is 20.9. The molecule has 1 saturated heterocycles. The molecule has 1 heterocycles. The second-order valence-corrected chi connectivity index (χ2v) is 7.39. The molecular formula is C19H29NO4. The molecule has 0 unspecified atom stereocenters. The Morgan fingerprint density at radius 3 is 2.54 bits per heavy atom. The summed E-state index contributed by atoms with van der Waals surface area (Å²) in [5.41, 5.74) is -0.675. The minimum absolute atomic E-state index is 0.192. The van der Waals surface area contributed by atoms with Gasteiger partial charge in [0, 0.05) is 25.1 Å². The van der Waals surface area contributed by atoms with E-state index in [2.05, 4.69) is 0 Å². The lowest BCUT2D eigenvalue weighted by Gasteiger charge is -2.30. The number of carbonyl (C=O) groups excluding carboxylic acids is 1. The van der Waals surface area contributed by atoms with E-state index in [1.807, 2.05) is 58.0 Å². The first-order valence-electron chi connectivity index (χ1n) is 8.57. The Kier molecular flexibility index (Phi) is 6.10. The van der Waals surface area contributed by atoms with Gasteiger partial charge in [0.15, 0.2) is 0 Å².